The zero-order valence-electron chi connectivity index (χ0n) is 17.6. The fraction of sp³-hybridized carbons (Fsp3) is 0.458. The third-order valence-electron chi connectivity index (χ3n) is 5.67. The first kappa shape index (κ1) is 21.4. The van der Waals surface area contributed by atoms with Crippen molar-refractivity contribution in [2.75, 3.05) is 19.5 Å². The lowest BCUT2D eigenvalue weighted by Gasteiger charge is -2.38. The smallest absolute Gasteiger partial charge is 0.313 e. The van der Waals surface area contributed by atoms with Gasteiger partial charge in [-0.15, -0.1) is 11.8 Å². The van der Waals surface area contributed by atoms with E-state index in [0.29, 0.717) is 18.1 Å². The number of carbonyl (C=O) groups is 1. The minimum absolute atomic E-state index is 0.122. The molecule has 154 valence electrons. The lowest BCUT2D eigenvalue weighted by Crippen LogP contribution is -2.31. The summed E-state index contributed by atoms with van der Waals surface area (Å²) in [5, 5.41) is 0. The van der Waals surface area contributed by atoms with Crippen LogP contribution in [0.1, 0.15) is 62.7 Å². The average Bonchev–Trinajstić information content (AvgIpc) is 3.18. The fourth-order valence-electron chi connectivity index (χ4n) is 3.86. The summed E-state index contributed by atoms with van der Waals surface area (Å²) in [5.74, 6) is 8.18. The minimum atomic E-state index is -0.295. The van der Waals surface area contributed by atoms with Crippen molar-refractivity contribution < 1.29 is 18.7 Å². The molecule has 1 aromatic carbocycles. The van der Waals surface area contributed by atoms with Gasteiger partial charge in [0.05, 0.1) is 13.2 Å². The maximum atomic E-state index is 11.6. The Labute approximate surface area is 177 Å². The summed E-state index contributed by atoms with van der Waals surface area (Å²) in [6, 6.07) is 7.89. The number of hydrogen-bond acceptors (Lipinski definition) is 5. The van der Waals surface area contributed by atoms with E-state index in [2.05, 4.69) is 37.8 Å². The quantitative estimate of drug-likeness (QED) is 0.364. The Morgan fingerprint density at radius 3 is 2.69 bits per heavy atom. The van der Waals surface area contributed by atoms with Crippen LogP contribution in [0.4, 0.5) is 0 Å². The summed E-state index contributed by atoms with van der Waals surface area (Å²) in [5.41, 5.74) is 2.40. The zero-order valence-corrected chi connectivity index (χ0v) is 18.4. The van der Waals surface area contributed by atoms with Gasteiger partial charge in [-0.05, 0) is 62.6 Å². The highest BCUT2D eigenvalue weighted by molar-refractivity contribution is 7.98. The van der Waals surface area contributed by atoms with Gasteiger partial charge in [0.1, 0.15) is 17.9 Å². The van der Waals surface area contributed by atoms with Gasteiger partial charge in [-0.2, -0.15) is 0 Å². The van der Waals surface area contributed by atoms with Crippen molar-refractivity contribution in [3.8, 4) is 17.6 Å². The van der Waals surface area contributed by atoms with Crippen molar-refractivity contribution >= 4 is 17.7 Å². The van der Waals surface area contributed by atoms with Gasteiger partial charge in [-0.1, -0.05) is 19.8 Å². The van der Waals surface area contributed by atoms with Gasteiger partial charge < -0.3 is 13.9 Å². The molecule has 0 atom stereocenters. The first-order valence-corrected chi connectivity index (χ1v) is 11.4. The number of esters is 1. The molecule has 3 rings (SSSR count). The summed E-state index contributed by atoms with van der Waals surface area (Å²) in [6.45, 7) is 7.42. The molecule has 0 aliphatic carbocycles. The Balaban J connectivity index is 1.91. The number of thioether (sulfide) groups is 1. The molecule has 29 heavy (non-hydrogen) atoms. The standard InChI is InChI=1S/C24H28O4S/c1-5-24(6-2)12-13-27-21-16-22(29-4)17(14-20(21)24)8-9-18-10-11-19(28-18)15-23(25)26-7-3/h10-11,14,16H,5-7,12-13,15H2,1-4H3. The van der Waals surface area contributed by atoms with Crippen molar-refractivity contribution in [2.45, 2.75) is 56.8 Å². The van der Waals surface area contributed by atoms with Crippen molar-refractivity contribution in [1.82, 2.24) is 0 Å². The molecule has 0 unspecified atom stereocenters. The fourth-order valence-corrected chi connectivity index (χ4v) is 4.42. The second-order valence-corrected chi connectivity index (χ2v) is 7.98. The van der Waals surface area contributed by atoms with E-state index in [1.165, 1.54) is 5.56 Å². The molecule has 1 aliphatic heterocycles. The highest BCUT2D eigenvalue weighted by Gasteiger charge is 2.35. The van der Waals surface area contributed by atoms with Gasteiger partial charge in [-0.3, -0.25) is 4.79 Å². The zero-order chi connectivity index (χ0) is 20.9. The molecule has 4 nitrogen and oxygen atoms in total. The van der Waals surface area contributed by atoms with Crippen LogP contribution in [0.5, 0.6) is 5.75 Å². The average molecular weight is 413 g/mol. The van der Waals surface area contributed by atoms with Crippen LogP contribution in [0.2, 0.25) is 0 Å². The van der Waals surface area contributed by atoms with Crippen LogP contribution in [0, 0.1) is 11.8 Å². The molecule has 0 fully saturated rings. The molecule has 0 saturated heterocycles. The van der Waals surface area contributed by atoms with E-state index < -0.39 is 0 Å². The summed E-state index contributed by atoms with van der Waals surface area (Å²) >= 11 is 1.66. The molecule has 0 saturated carbocycles. The highest BCUT2D eigenvalue weighted by atomic mass is 32.2. The third-order valence-corrected chi connectivity index (χ3v) is 6.45. The number of hydrogen-bond donors (Lipinski definition) is 0. The molecular formula is C24H28O4S. The summed E-state index contributed by atoms with van der Waals surface area (Å²) in [6.07, 6.45) is 5.37. The van der Waals surface area contributed by atoms with E-state index in [1.54, 1.807) is 30.8 Å². The maximum Gasteiger partial charge on any atom is 0.313 e. The molecule has 0 N–H and O–H groups in total. The normalized spacial score (nSPS) is 14.3. The topological polar surface area (TPSA) is 48.7 Å². The van der Waals surface area contributed by atoms with E-state index in [1.807, 2.05) is 6.26 Å². The summed E-state index contributed by atoms with van der Waals surface area (Å²) < 4.78 is 16.6. The predicted octanol–water partition coefficient (Wildman–Crippen LogP) is 5.35. The Kier molecular flexibility index (Phi) is 6.97. The largest absolute Gasteiger partial charge is 0.493 e. The van der Waals surface area contributed by atoms with Crippen molar-refractivity contribution in [1.29, 1.82) is 0 Å². The number of rotatable bonds is 6. The van der Waals surface area contributed by atoms with Gasteiger partial charge in [-0.25, -0.2) is 0 Å². The molecular weight excluding hydrogens is 384 g/mol. The van der Waals surface area contributed by atoms with E-state index in [9.17, 15) is 4.79 Å². The van der Waals surface area contributed by atoms with Crippen molar-refractivity contribution in [3.05, 3.63) is 46.9 Å². The second-order valence-electron chi connectivity index (χ2n) is 7.13. The summed E-state index contributed by atoms with van der Waals surface area (Å²) in [7, 11) is 0. The maximum absolute atomic E-state index is 11.6. The molecule has 0 bridgehead atoms. The molecule has 0 spiro atoms. The van der Waals surface area contributed by atoms with E-state index in [4.69, 9.17) is 13.9 Å². The van der Waals surface area contributed by atoms with Crippen LogP contribution >= 0.6 is 11.8 Å². The molecule has 2 heterocycles. The molecule has 5 heteroatoms. The minimum Gasteiger partial charge on any atom is -0.493 e. The predicted molar refractivity (Wildman–Crippen MR) is 116 cm³/mol. The van der Waals surface area contributed by atoms with Crippen LogP contribution in [-0.4, -0.2) is 25.4 Å². The number of ether oxygens (including phenoxy) is 2. The van der Waals surface area contributed by atoms with E-state index in [-0.39, 0.29) is 17.8 Å². The van der Waals surface area contributed by atoms with E-state index in [0.717, 1.165) is 42.1 Å². The number of carbonyl (C=O) groups excluding carboxylic acids is 1. The van der Waals surface area contributed by atoms with Gasteiger partial charge in [0.25, 0.3) is 0 Å². The molecule has 0 radical (unpaired) electrons. The molecule has 0 amide bonds. The Morgan fingerprint density at radius 2 is 2.00 bits per heavy atom. The van der Waals surface area contributed by atoms with Gasteiger partial charge in [0.2, 0.25) is 0 Å². The van der Waals surface area contributed by atoms with Gasteiger partial charge in [0.15, 0.2) is 5.76 Å². The first-order valence-electron chi connectivity index (χ1n) is 10.2. The Bertz CT molecular complexity index is 928. The van der Waals surface area contributed by atoms with Gasteiger partial charge in [0, 0.05) is 21.4 Å². The number of furan rings is 1. The SMILES string of the molecule is CCOC(=O)Cc1ccc(C#Cc2cc3c(cc2SC)OCCC3(CC)CC)o1. The number of benzene rings is 1. The third kappa shape index (κ3) is 4.64. The molecule has 1 aliphatic rings. The highest BCUT2D eigenvalue weighted by Crippen LogP contribution is 2.45. The Hall–Kier alpha value is -2.32. The first-order chi connectivity index (χ1) is 14.0. The number of fused-ring (bicyclic) bond motifs is 1. The van der Waals surface area contributed by atoms with Crippen LogP contribution in [0.3, 0.4) is 0 Å². The lowest BCUT2D eigenvalue weighted by molar-refractivity contribution is -0.142. The van der Waals surface area contributed by atoms with Gasteiger partial charge >= 0.3 is 5.97 Å². The van der Waals surface area contributed by atoms with Crippen LogP contribution < -0.4 is 4.74 Å². The van der Waals surface area contributed by atoms with Crippen LogP contribution in [0.15, 0.2) is 33.6 Å². The monoisotopic (exact) mass is 412 g/mol. The summed E-state index contributed by atoms with van der Waals surface area (Å²) in [4.78, 5) is 12.7. The van der Waals surface area contributed by atoms with E-state index >= 15 is 0 Å². The van der Waals surface area contributed by atoms with Crippen LogP contribution in [0.25, 0.3) is 0 Å². The van der Waals surface area contributed by atoms with Crippen molar-refractivity contribution in [3.63, 3.8) is 0 Å². The van der Waals surface area contributed by atoms with Crippen LogP contribution in [-0.2, 0) is 21.4 Å². The lowest BCUT2D eigenvalue weighted by atomic mass is 9.71. The second kappa shape index (κ2) is 9.45. The molecule has 2 aromatic rings. The Morgan fingerprint density at radius 1 is 1.21 bits per heavy atom. The van der Waals surface area contributed by atoms with Crippen molar-refractivity contribution in [2.24, 2.45) is 0 Å². The molecule has 1 aromatic heterocycles.